The number of halogens is 2. The van der Waals surface area contributed by atoms with Gasteiger partial charge < -0.3 is 5.32 Å². The highest BCUT2D eigenvalue weighted by molar-refractivity contribution is 9.11. The van der Waals surface area contributed by atoms with Gasteiger partial charge in [0.1, 0.15) is 11.0 Å². The van der Waals surface area contributed by atoms with Gasteiger partial charge in [-0.2, -0.15) is 0 Å². The van der Waals surface area contributed by atoms with E-state index in [0.29, 0.717) is 12.4 Å². The molecule has 0 amide bonds. The highest BCUT2D eigenvalue weighted by Crippen LogP contribution is 2.23. The van der Waals surface area contributed by atoms with Gasteiger partial charge >= 0.3 is 0 Å². The Morgan fingerprint density at radius 1 is 1.47 bits per heavy atom. The number of hydrogen-bond donors (Lipinski definition) is 1. The van der Waals surface area contributed by atoms with E-state index < -0.39 is 4.92 Å². The van der Waals surface area contributed by atoms with Crippen molar-refractivity contribution in [3.63, 3.8) is 0 Å². The molecule has 0 aliphatic heterocycles. The van der Waals surface area contributed by atoms with Crippen LogP contribution in [0.15, 0.2) is 28.1 Å². The van der Waals surface area contributed by atoms with Crippen LogP contribution in [0.2, 0.25) is 5.15 Å². The van der Waals surface area contributed by atoms with Crippen LogP contribution in [0.5, 0.6) is 0 Å². The van der Waals surface area contributed by atoms with Crippen molar-refractivity contribution < 1.29 is 4.92 Å². The van der Waals surface area contributed by atoms with E-state index in [4.69, 9.17) is 11.6 Å². The van der Waals surface area contributed by atoms with E-state index in [1.807, 2.05) is 12.1 Å². The minimum atomic E-state index is -0.491. The lowest BCUT2D eigenvalue weighted by Crippen LogP contribution is -2.06. The fraction of sp³-hybridized carbons (Fsp3) is 0.182. The Morgan fingerprint density at radius 2 is 2.26 bits per heavy atom. The number of hydrogen-bond acceptors (Lipinski definition) is 5. The van der Waals surface area contributed by atoms with Gasteiger partial charge in [-0.15, -0.1) is 11.3 Å². The lowest BCUT2D eigenvalue weighted by molar-refractivity contribution is -0.384. The molecule has 0 bridgehead atoms. The SMILES string of the molecule is O=[N+]([O-])c1cc(Cl)nc(NCCc2ccc(Br)s2)c1. The van der Waals surface area contributed by atoms with Crippen LogP contribution < -0.4 is 5.32 Å². The summed E-state index contributed by atoms with van der Waals surface area (Å²) < 4.78 is 1.08. The maximum absolute atomic E-state index is 10.7. The van der Waals surface area contributed by atoms with Crippen LogP contribution in [0.1, 0.15) is 4.88 Å². The second-order valence-electron chi connectivity index (χ2n) is 3.67. The smallest absolute Gasteiger partial charge is 0.276 e. The van der Waals surface area contributed by atoms with Gasteiger partial charge in [0.2, 0.25) is 0 Å². The maximum atomic E-state index is 10.7. The monoisotopic (exact) mass is 361 g/mol. The van der Waals surface area contributed by atoms with Crippen LogP contribution >= 0.6 is 38.9 Å². The van der Waals surface area contributed by atoms with E-state index in [0.717, 1.165) is 10.2 Å². The van der Waals surface area contributed by atoms with Crippen LogP contribution in [0.4, 0.5) is 11.5 Å². The summed E-state index contributed by atoms with van der Waals surface area (Å²) in [6, 6.07) is 6.62. The molecule has 1 N–H and O–H groups in total. The summed E-state index contributed by atoms with van der Waals surface area (Å²) in [5.74, 6) is 0.412. The number of nitro groups is 1. The fourth-order valence-electron chi connectivity index (χ4n) is 1.48. The van der Waals surface area contributed by atoms with Gasteiger partial charge in [0.25, 0.3) is 5.69 Å². The first-order valence-corrected chi connectivity index (χ1v) is 7.33. The summed E-state index contributed by atoms with van der Waals surface area (Å²) >= 11 is 10.8. The molecule has 0 aromatic carbocycles. The van der Waals surface area contributed by atoms with Gasteiger partial charge in [0, 0.05) is 11.4 Å². The van der Waals surface area contributed by atoms with Gasteiger partial charge in [0.05, 0.1) is 20.8 Å². The van der Waals surface area contributed by atoms with E-state index in [9.17, 15) is 10.1 Å². The van der Waals surface area contributed by atoms with Crippen molar-refractivity contribution in [3.8, 4) is 0 Å². The Kier molecular flexibility index (Phi) is 4.73. The van der Waals surface area contributed by atoms with Crippen LogP contribution in [0.25, 0.3) is 0 Å². The Hall–Kier alpha value is -1.18. The molecule has 100 valence electrons. The van der Waals surface area contributed by atoms with Crippen molar-refractivity contribution in [1.82, 2.24) is 4.98 Å². The Bertz CT molecular complexity index is 605. The zero-order chi connectivity index (χ0) is 13.8. The summed E-state index contributed by atoms with van der Waals surface area (Å²) in [6.07, 6.45) is 0.818. The van der Waals surface area contributed by atoms with Gasteiger partial charge in [-0.25, -0.2) is 4.98 Å². The molecule has 0 radical (unpaired) electrons. The van der Waals surface area contributed by atoms with Gasteiger partial charge in [0.15, 0.2) is 0 Å². The number of nitrogens with zero attached hydrogens (tertiary/aromatic N) is 2. The molecule has 0 saturated heterocycles. The summed E-state index contributed by atoms with van der Waals surface area (Å²) in [5, 5.41) is 13.8. The third-order valence-corrected chi connectivity index (χ3v) is 4.17. The number of aromatic nitrogens is 1. The molecule has 0 atom stereocenters. The van der Waals surface area contributed by atoms with Crippen LogP contribution in [0.3, 0.4) is 0 Å². The van der Waals surface area contributed by atoms with Crippen molar-refractivity contribution >= 4 is 50.4 Å². The van der Waals surface area contributed by atoms with Crippen molar-refractivity contribution in [1.29, 1.82) is 0 Å². The first-order chi connectivity index (χ1) is 9.04. The molecule has 2 heterocycles. The first-order valence-electron chi connectivity index (χ1n) is 5.34. The average molecular weight is 363 g/mol. The van der Waals surface area contributed by atoms with Crippen LogP contribution in [-0.2, 0) is 6.42 Å². The average Bonchev–Trinajstić information content (AvgIpc) is 2.74. The predicted octanol–water partition coefficient (Wildman–Crippen LogP) is 4.12. The van der Waals surface area contributed by atoms with Crippen molar-refractivity contribution in [2.45, 2.75) is 6.42 Å². The van der Waals surface area contributed by atoms with Crippen molar-refractivity contribution in [2.75, 3.05) is 11.9 Å². The van der Waals surface area contributed by atoms with Crippen LogP contribution in [0, 0.1) is 10.1 Å². The third-order valence-electron chi connectivity index (χ3n) is 2.30. The number of nitrogens with one attached hydrogen (secondary N) is 1. The van der Waals surface area contributed by atoms with E-state index >= 15 is 0 Å². The molecule has 2 rings (SSSR count). The number of thiophene rings is 1. The summed E-state index contributed by atoms with van der Waals surface area (Å²) in [4.78, 5) is 15.4. The molecule has 19 heavy (non-hydrogen) atoms. The summed E-state index contributed by atoms with van der Waals surface area (Å²) in [7, 11) is 0. The standard InChI is InChI=1S/C11H9BrClN3O2S/c12-9-2-1-8(19-9)3-4-14-11-6-7(16(17)18)5-10(13)15-11/h1-2,5-6H,3-4H2,(H,14,15). The molecule has 0 spiro atoms. The normalized spacial score (nSPS) is 10.4. The highest BCUT2D eigenvalue weighted by Gasteiger charge is 2.10. The minimum absolute atomic E-state index is 0.0682. The second kappa shape index (κ2) is 6.31. The Morgan fingerprint density at radius 3 is 2.89 bits per heavy atom. The topological polar surface area (TPSA) is 68.1 Å². The molecule has 8 heteroatoms. The molecule has 2 aromatic rings. The predicted molar refractivity (Wildman–Crippen MR) is 80.1 cm³/mol. The Labute approximate surface area is 126 Å². The van der Waals surface area contributed by atoms with Gasteiger partial charge in [-0.05, 0) is 34.5 Å². The zero-order valence-electron chi connectivity index (χ0n) is 9.60. The molecule has 0 saturated carbocycles. The maximum Gasteiger partial charge on any atom is 0.276 e. The molecule has 2 aromatic heterocycles. The quantitative estimate of drug-likeness (QED) is 0.493. The molecule has 5 nitrogen and oxygen atoms in total. The largest absolute Gasteiger partial charge is 0.369 e. The molecule has 0 aliphatic rings. The van der Waals surface area contributed by atoms with Crippen molar-refractivity contribution in [2.24, 2.45) is 0 Å². The number of pyridine rings is 1. The minimum Gasteiger partial charge on any atom is -0.369 e. The van der Waals surface area contributed by atoms with E-state index in [-0.39, 0.29) is 10.8 Å². The number of rotatable bonds is 5. The highest BCUT2D eigenvalue weighted by atomic mass is 79.9. The number of anilines is 1. The molecular weight excluding hydrogens is 354 g/mol. The summed E-state index contributed by atoms with van der Waals surface area (Å²) in [6.45, 7) is 0.636. The molecule has 0 aliphatic carbocycles. The second-order valence-corrected chi connectivity index (χ2v) is 6.61. The van der Waals surface area contributed by atoms with E-state index in [1.165, 1.54) is 17.0 Å². The molecular formula is C11H9BrClN3O2S. The lowest BCUT2D eigenvalue weighted by atomic mass is 10.3. The summed E-state index contributed by atoms with van der Waals surface area (Å²) in [5.41, 5.74) is -0.0682. The van der Waals surface area contributed by atoms with Crippen LogP contribution in [-0.4, -0.2) is 16.5 Å². The molecule has 0 fully saturated rings. The first kappa shape index (κ1) is 14.2. The van der Waals surface area contributed by atoms with Gasteiger partial charge in [-0.1, -0.05) is 11.6 Å². The Balaban J connectivity index is 1.97. The zero-order valence-corrected chi connectivity index (χ0v) is 12.8. The van der Waals surface area contributed by atoms with Crippen molar-refractivity contribution in [3.05, 3.63) is 48.2 Å². The van der Waals surface area contributed by atoms with E-state index in [1.54, 1.807) is 11.3 Å². The molecule has 0 unspecified atom stereocenters. The lowest BCUT2D eigenvalue weighted by Gasteiger charge is -2.04. The van der Waals surface area contributed by atoms with E-state index in [2.05, 4.69) is 26.2 Å². The van der Waals surface area contributed by atoms with Gasteiger partial charge in [-0.3, -0.25) is 10.1 Å². The fourth-order valence-corrected chi connectivity index (χ4v) is 3.16. The third kappa shape index (κ3) is 4.15.